The van der Waals surface area contributed by atoms with Crippen LogP contribution in [-0.2, 0) is 15.8 Å². The number of carbonyl (C=O) groups is 2. The van der Waals surface area contributed by atoms with Crippen LogP contribution in [0.5, 0.6) is 5.75 Å². The number of nitrogens with one attached hydrogen (secondary N) is 1. The third kappa shape index (κ3) is 4.31. The number of nitrogens with zero attached hydrogens (tertiary/aromatic N) is 3. The first-order valence-corrected chi connectivity index (χ1v) is 12.1. The third-order valence-electron chi connectivity index (χ3n) is 6.88. The Bertz CT molecular complexity index is 1660. The van der Waals surface area contributed by atoms with Crippen molar-refractivity contribution in [3.8, 4) is 17.0 Å². The standard InChI is InChI=1S/C26H20ClF4N5O4/c1-24(23(32)38)12-40-21-16(24)9-18(35-20(21)13-4-6-14(28)7-5-13)25(39,26(29,30)31)11-33-22(37)15-10-34-36-8-2-3-17(36)19(15)27/h2-10,39H,11-12H2,1H3,(H2,32,38)(H,33,37)/t24-,25?/m0/s1. The molecule has 4 heterocycles. The fourth-order valence-electron chi connectivity index (χ4n) is 4.36. The zero-order valence-electron chi connectivity index (χ0n) is 20.6. The molecule has 1 aliphatic rings. The van der Waals surface area contributed by atoms with Gasteiger partial charge in [0.2, 0.25) is 11.5 Å². The summed E-state index contributed by atoms with van der Waals surface area (Å²) < 4.78 is 64.2. The molecule has 208 valence electrons. The fraction of sp³-hybridized carbons (Fsp3) is 0.231. The maximum atomic E-state index is 14.5. The second kappa shape index (κ2) is 9.45. The van der Waals surface area contributed by atoms with Crippen LogP contribution in [-0.4, -0.2) is 50.8 Å². The molecular weight excluding hydrogens is 558 g/mol. The Hall–Kier alpha value is -4.23. The predicted octanol–water partition coefficient (Wildman–Crippen LogP) is 3.50. The lowest BCUT2D eigenvalue weighted by Crippen LogP contribution is -2.52. The second-order valence-corrected chi connectivity index (χ2v) is 9.85. The number of alkyl halides is 3. The van der Waals surface area contributed by atoms with Gasteiger partial charge in [-0.2, -0.15) is 18.3 Å². The molecule has 2 atom stereocenters. The molecule has 0 bridgehead atoms. The van der Waals surface area contributed by atoms with Gasteiger partial charge >= 0.3 is 6.18 Å². The molecule has 1 aromatic carbocycles. The molecular formula is C26H20ClF4N5O4. The molecule has 9 nitrogen and oxygen atoms in total. The lowest BCUT2D eigenvalue weighted by atomic mass is 9.81. The van der Waals surface area contributed by atoms with Gasteiger partial charge in [-0.3, -0.25) is 9.59 Å². The molecule has 0 aliphatic carbocycles. The Balaban J connectivity index is 1.60. The van der Waals surface area contributed by atoms with Gasteiger partial charge in [-0.15, -0.1) is 0 Å². The summed E-state index contributed by atoms with van der Waals surface area (Å²) in [6, 6.07) is 8.68. The van der Waals surface area contributed by atoms with Crippen LogP contribution in [0.3, 0.4) is 0 Å². The second-order valence-electron chi connectivity index (χ2n) is 9.48. The molecule has 40 heavy (non-hydrogen) atoms. The van der Waals surface area contributed by atoms with E-state index in [-0.39, 0.29) is 39.8 Å². The summed E-state index contributed by atoms with van der Waals surface area (Å²) in [5, 5.41) is 17.1. The van der Waals surface area contributed by atoms with Gasteiger partial charge in [0.05, 0.1) is 34.5 Å². The molecule has 0 saturated carbocycles. The average Bonchev–Trinajstić information content (AvgIpc) is 3.53. The van der Waals surface area contributed by atoms with Gasteiger partial charge in [0.25, 0.3) is 5.91 Å². The lowest BCUT2D eigenvalue weighted by molar-refractivity contribution is -0.265. The number of amides is 2. The Morgan fingerprint density at radius 3 is 2.60 bits per heavy atom. The van der Waals surface area contributed by atoms with Gasteiger partial charge in [0, 0.05) is 17.3 Å². The Morgan fingerprint density at radius 1 is 1.25 bits per heavy atom. The van der Waals surface area contributed by atoms with Crippen molar-refractivity contribution >= 4 is 28.9 Å². The van der Waals surface area contributed by atoms with Gasteiger partial charge in [-0.05, 0) is 49.4 Å². The number of aliphatic hydroxyl groups is 1. The van der Waals surface area contributed by atoms with E-state index in [9.17, 15) is 32.3 Å². The van der Waals surface area contributed by atoms with E-state index >= 15 is 0 Å². The fourth-order valence-corrected chi connectivity index (χ4v) is 4.65. The normalized spacial score (nSPS) is 18.2. The lowest BCUT2D eigenvalue weighted by Gasteiger charge is -2.31. The first-order valence-electron chi connectivity index (χ1n) is 11.7. The molecule has 4 aromatic rings. The van der Waals surface area contributed by atoms with E-state index in [1.165, 1.54) is 23.6 Å². The number of benzene rings is 1. The van der Waals surface area contributed by atoms with E-state index in [1.54, 1.807) is 18.3 Å². The van der Waals surface area contributed by atoms with Crippen molar-refractivity contribution in [2.75, 3.05) is 13.2 Å². The van der Waals surface area contributed by atoms with E-state index in [4.69, 9.17) is 22.1 Å². The van der Waals surface area contributed by atoms with Gasteiger partial charge in [0.1, 0.15) is 29.3 Å². The molecule has 1 unspecified atom stereocenters. The smallest absolute Gasteiger partial charge is 0.424 e. The minimum atomic E-state index is -5.36. The van der Waals surface area contributed by atoms with E-state index in [1.807, 2.05) is 0 Å². The summed E-state index contributed by atoms with van der Waals surface area (Å²) in [5.74, 6) is -2.57. The van der Waals surface area contributed by atoms with Crippen LogP contribution in [0.25, 0.3) is 16.8 Å². The molecule has 0 spiro atoms. The summed E-state index contributed by atoms with van der Waals surface area (Å²) in [4.78, 5) is 29.2. The van der Waals surface area contributed by atoms with Crippen molar-refractivity contribution in [1.82, 2.24) is 19.9 Å². The van der Waals surface area contributed by atoms with Crippen LogP contribution in [0.2, 0.25) is 5.02 Å². The largest absolute Gasteiger partial charge is 0.489 e. The third-order valence-corrected chi connectivity index (χ3v) is 7.27. The molecule has 0 fully saturated rings. The van der Waals surface area contributed by atoms with Gasteiger partial charge in [-0.1, -0.05) is 11.6 Å². The maximum absolute atomic E-state index is 14.5. The van der Waals surface area contributed by atoms with Crippen molar-refractivity contribution in [3.63, 3.8) is 0 Å². The summed E-state index contributed by atoms with van der Waals surface area (Å²) in [6.45, 7) is -0.299. The molecule has 3 aromatic heterocycles. The van der Waals surface area contributed by atoms with Crippen LogP contribution < -0.4 is 15.8 Å². The first-order chi connectivity index (χ1) is 18.8. The Morgan fingerprint density at radius 2 is 1.95 bits per heavy atom. The van der Waals surface area contributed by atoms with Crippen LogP contribution >= 0.6 is 11.6 Å². The summed E-state index contributed by atoms with van der Waals surface area (Å²) in [7, 11) is 0. The van der Waals surface area contributed by atoms with E-state index in [2.05, 4.69) is 15.4 Å². The Kier molecular flexibility index (Phi) is 6.46. The highest BCUT2D eigenvalue weighted by Crippen LogP contribution is 2.47. The van der Waals surface area contributed by atoms with Gasteiger partial charge in [0.15, 0.2) is 0 Å². The highest BCUT2D eigenvalue weighted by molar-refractivity contribution is 6.36. The summed E-state index contributed by atoms with van der Waals surface area (Å²) in [5.41, 5.74) is -0.653. The molecule has 14 heteroatoms. The van der Waals surface area contributed by atoms with Crippen LogP contribution in [0, 0.1) is 5.82 Å². The minimum Gasteiger partial charge on any atom is -0.489 e. The highest BCUT2D eigenvalue weighted by Gasteiger charge is 2.57. The van der Waals surface area contributed by atoms with Gasteiger partial charge in [-0.25, -0.2) is 13.9 Å². The maximum Gasteiger partial charge on any atom is 0.424 e. The zero-order valence-corrected chi connectivity index (χ0v) is 21.3. The van der Waals surface area contributed by atoms with Crippen molar-refractivity contribution in [2.45, 2.75) is 24.1 Å². The topological polar surface area (TPSA) is 132 Å². The molecule has 0 saturated heterocycles. The number of aromatic nitrogens is 3. The average molecular weight is 578 g/mol. The van der Waals surface area contributed by atoms with Crippen molar-refractivity contribution in [3.05, 3.63) is 82.5 Å². The number of hydrogen-bond acceptors (Lipinski definition) is 6. The number of fused-ring (bicyclic) bond motifs is 2. The number of primary amides is 1. The van der Waals surface area contributed by atoms with Crippen LogP contribution in [0.15, 0.2) is 54.9 Å². The quantitative estimate of drug-likeness (QED) is 0.301. The number of ether oxygens (including phenoxy) is 1. The highest BCUT2D eigenvalue weighted by atomic mass is 35.5. The van der Waals surface area contributed by atoms with Crippen molar-refractivity contribution < 1.29 is 37.0 Å². The molecule has 0 radical (unpaired) electrons. The van der Waals surface area contributed by atoms with Crippen LogP contribution in [0.1, 0.15) is 28.5 Å². The first kappa shape index (κ1) is 27.3. The molecule has 5 rings (SSSR count). The summed E-state index contributed by atoms with van der Waals surface area (Å²) in [6.07, 6.45) is -2.72. The minimum absolute atomic E-state index is 0.0384. The van der Waals surface area contributed by atoms with E-state index in [0.717, 1.165) is 24.4 Å². The van der Waals surface area contributed by atoms with Crippen molar-refractivity contribution in [2.24, 2.45) is 5.73 Å². The summed E-state index contributed by atoms with van der Waals surface area (Å²) >= 11 is 6.26. The number of halogens is 5. The number of pyridine rings is 1. The number of rotatable bonds is 6. The van der Waals surface area contributed by atoms with E-state index < -0.39 is 47.1 Å². The van der Waals surface area contributed by atoms with Crippen molar-refractivity contribution in [1.29, 1.82) is 0 Å². The zero-order chi connectivity index (χ0) is 29.0. The molecule has 2 amide bonds. The monoisotopic (exact) mass is 577 g/mol. The number of hydrogen-bond donors (Lipinski definition) is 3. The van der Waals surface area contributed by atoms with Gasteiger partial charge < -0.3 is 20.9 Å². The Labute approximate surface area is 228 Å². The van der Waals surface area contributed by atoms with E-state index in [0.29, 0.717) is 5.52 Å². The SMILES string of the molecule is C[C@]1(C(N)=O)COc2c1cc(C(O)(CNC(=O)c1cnn3cccc3c1Cl)C(F)(F)F)nc2-c1ccc(F)cc1. The molecule has 1 aliphatic heterocycles. The molecule has 4 N–H and O–H groups in total. The number of nitrogens with two attached hydrogens (primary N) is 1. The van der Waals surface area contributed by atoms with Crippen LogP contribution in [0.4, 0.5) is 17.6 Å². The predicted molar refractivity (Wildman–Crippen MR) is 134 cm³/mol. The number of carbonyl (C=O) groups excluding carboxylic acids is 2.